The van der Waals surface area contributed by atoms with Gasteiger partial charge in [-0.3, -0.25) is 16.1 Å². The highest BCUT2D eigenvalue weighted by Crippen LogP contribution is 2.30. The second-order valence-corrected chi connectivity index (χ2v) is 4.30. The number of halogens is 1. The lowest BCUT2D eigenvalue weighted by atomic mass is 9.80. The molecule has 0 radical (unpaired) electrons. The average molecular weight is 251 g/mol. The molecular weight excluding hydrogens is 228 g/mol. The second kappa shape index (κ2) is 8.79. The van der Waals surface area contributed by atoms with E-state index in [1.165, 1.54) is 12.8 Å². The number of carbonyl (C=O) groups is 1. The predicted molar refractivity (Wildman–Crippen MR) is 66.1 cm³/mol. The Hall–Kier alpha value is -0.320. The van der Waals surface area contributed by atoms with Crippen molar-refractivity contribution in [1.82, 2.24) is 5.43 Å². The highest BCUT2D eigenvalue weighted by Gasteiger charge is 2.22. The number of nitrogens with one attached hydrogen (secondary N) is 1. The van der Waals surface area contributed by atoms with Crippen molar-refractivity contribution >= 4 is 18.4 Å². The molecular formula is C11H23ClN2O2. The van der Waals surface area contributed by atoms with Gasteiger partial charge in [0.05, 0.1) is 6.61 Å². The monoisotopic (exact) mass is 250 g/mol. The minimum atomic E-state index is -0.0436. The summed E-state index contributed by atoms with van der Waals surface area (Å²) in [7, 11) is 0. The number of esters is 1. The molecule has 0 aromatic carbocycles. The molecule has 0 unspecified atom stereocenters. The summed E-state index contributed by atoms with van der Waals surface area (Å²) in [5.74, 6) is 6.46. The van der Waals surface area contributed by atoms with Crippen LogP contribution in [0.2, 0.25) is 0 Å². The van der Waals surface area contributed by atoms with Crippen molar-refractivity contribution in [3.8, 4) is 0 Å². The largest absolute Gasteiger partial charge is 0.466 e. The highest BCUT2D eigenvalue weighted by molar-refractivity contribution is 5.85. The average Bonchev–Trinajstić information content (AvgIpc) is 2.22. The molecule has 0 spiro atoms. The van der Waals surface area contributed by atoms with Crippen LogP contribution in [0, 0.1) is 11.8 Å². The van der Waals surface area contributed by atoms with Crippen LogP contribution in [0.25, 0.3) is 0 Å². The lowest BCUT2D eigenvalue weighted by molar-refractivity contribution is -0.144. The third-order valence-electron chi connectivity index (χ3n) is 3.13. The summed E-state index contributed by atoms with van der Waals surface area (Å²) in [5.41, 5.74) is 2.72. The van der Waals surface area contributed by atoms with E-state index >= 15 is 0 Å². The molecule has 1 saturated carbocycles. The standard InChI is InChI=1S/C11H22N2O2.ClH/c1-2-15-11(14)7-9-3-5-10(6-4-9)8-13-12;/h9-10,13H,2-8,12H2,1H3;1H. The van der Waals surface area contributed by atoms with Crippen molar-refractivity contribution in [3.63, 3.8) is 0 Å². The Morgan fingerprint density at radius 3 is 2.38 bits per heavy atom. The number of ether oxygens (including phenoxy) is 1. The van der Waals surface area contributed by atoms with E-state index in [0.717, 1.165) is 19.4 Å². The van der Waals surface area contributed by atoms with Gasteiger partial charge in [0.2, 0.25) is 0 Å². The van der Waals surface area contributed by atoms with Gasteiger partial charge in [-0.2, -0.15) is 0 Å². The Kier molecular flexibility index (Phi) is 8.61. The molecule has 0 amide bonds. The third kappa shape index (κ3) is 5.68. The fourth-order valence-electron chi connectivity index (χ4n) is 2.26. The van der Waals surface area contributed by atoms with Gasteiger partial charge in [0.25, 0.3) is 0 Å². The van der Waals surface area contributed by atoms with Crippen LogP contribution in [0.5, 0.6) is 0 Å². The van der Waals surface area contributed by atoms with Crippen LogP contribution in [0.15, 0.2) is 0 Å². The Morgan fingerprint density at radius 1 is 1.31 bits per heavy atom. The second-order valence-electron chi connectivity index (χ2n) is 4.30. The molecule has 0 atom stereocenters. The van der Waals surface area contributed by atoms with E-state index in [9.17, 15) is 4.79 Å². The number of nitrogens with two attached hydrogens (primary N) is 1. The van der Waals surface area contributed by atoms with Gasteiger partial charge >= 0.3 is 5.97 Å². The van der Waals surface area contributed by atoms with E-state index in [0.29, 0.717) is 24.9 Å². The maximum Gasteiger partial charge on any atom is 0.306 e. The lowest BCUT2D eigenvalue weighted by Crippen LogP contribution is -2.31. The minimum Gasteiger partial charge on any atom is -0.466 e. The normalized spacial score (nSPS) is 24.6. The zero-order chi connectivity index (χ0) is 11.1. The van der Waals surface area contributed by atoms with Gasteiger partial charge in [0.1, 0.15) is 0 Å². The van der Waals surface area contributed by atoms with Crippen LogP contribution in [0.4, 0.5) is 0 Å². The SMILES string of the molecule is CCOC(=O)CC1CCC(CNN)CC1.Cl. The van der Waals surface area contributed by atoms with Gasteiger partial charge in [-0.1, -0.05) is 0 Å². The molecule has 1 aliphatic rings. The summed E-state index contributed by atoms with van der Waals surface area (Å²) in [6.45, 7) is 3.24. The van der Waals surface area contributed by atoms with Crippen LogP contribution in [0.1, 0.15) is 39.0 Å². The Labute approximate surface area is 104 Å². The first kappa shape index (κ1) is 15.7. The summed E-state index contributed by atoms with van der Waals surface area (Å²) in [4.78, 5) is 11.3. The molecule has 1 rings (SSSR count). The van der Waals surface area contributed by atoms with E-state index in [1.54, 1.807) is 0 Å². The van der Waals surface area contributed by atoms with Crippen molar-refractivity contribution in [2.75, 3.05) is 13.2 Å². The van der Waals surface area contributed by atoms with Crippen molar-refractivity contribution in [2.45, 2.75) is 39.0 Å². The molecule has 1 fully saturated rings. The number of rotatable bonds is 5. The van der Waals surface area contributed by atoms with Gasteiger partial charge in [0.15, 0.2) is 0 Å². The summed E-state index contributed by atoms with van der Waals surface area (Å²) < 4.78 is 4.95. The van der Waals surface area contributed by atoms with Crippen LogP contribution >= 0.6 is 12.4 Å². The molecule has 4 nitrogen and oxygen atoms in total. The van der Waals surface area contributed by atoms with Crippen molar-refractivity contribution in [3.05, 3.63) is 0 Å². The fraction of sp³-hybridized carbons (Fsp3) is 0.909. The maximum atomic E-state index is 11.3. The molecule has 0 saturated heterocycles. The zero-order valence-electron chi connectivity index (χ0n) is 9.91. The summed E-state index contributed by atoms with van der Waals surface area (Å²) in [5, 5.41) is 0. The van der Waals surface area contributed by atoms with Gasteiger partial charge in [0, 0.05) is 13.0 Å². The van der Waals surface area contributed by atoms with Gasteiger partial charge < -0.3 is 4.74 Å². The van der Waals surface area contributed by atoms with Gasteiger partial charge in [-0.15, -0.1) is 12.4 Å². The quantitative estimate of drug-likeness (QED) is 0.442. The third-order valence-corrected chi connectivity index (χ3v) is 3.13. The van der Waals surface area contributed by atoms with Crippen LogP contribution in [-0.2, 0) is 9.53 Å². The van der Waals surface area contributed by atoms with Crippen molar-refractivity contribution in [1.29, 1.82) is 0 Å². The molecule has 0 aliphatic heterocycles. The zero-order valence-corrected chi connectivity index (χ0v) is 10.7. The molecule has 3 N–H and O–H groups in total. The minimum absolute atomic E-state index is 0. The van der Waals surface area contributed by atoms with E-state index in [2.05, 4.69) is 5.43 Å². The van der Waals surface area contributed by atoms with E-state index in [4.69, 9.17) is 10.6 Å². The highest BCUT2D eigenvalue weighted by atomic mass is 35.5. The Bertz CT molecular complexity index is 194. The molecule has 0 aromatic heterocycles. The summed E-state index contributed by atoms with van der Waals surface area (Å²) in [6, 6.07) is 0. The first-order chi connectivity index (χ1) is 7.26. The molecule has 0 bridgehead atoms. The number of hydrogen-bond acceptors (Lipinski definition) is 4. The van der Waals surface area contributed by atoms with E-state index in [1.807, 2.05) is 6.92 Å². The molecule has 5 heteroatoms. The van der Waals surface area contributed by atoms with Crippen molar-refractivity contribution in [2.24, 2.45) is 17.7 Å². The van der Waals surface area contributed by atoms with Crippen molar-refractivity contribution < 1.29 is 9.53 Å². The van der Waals surface area contributed by atoms with Gasteiger partial charge in [-0.25, -0.2) is 0 Å². The predicted octanol–water partition coefficient (Wildman–Crippen LogP) is 1.63. The van der Waals surface area contributed by atoms with Gasteiger partial charge in [-0.05, 0) is 44.4 Å². The molecule has 0 heterocycles. The Balaban J connectivity index is 0.00000225. The number of hydrazine groups is 1. The molecule has 1 aliphatic carbocycles. The Morgan fingerprint density at radius 2 is 1.88 bits per heavy atom. The summed E-state index contributed by atoms with van der Waals surface area (Å²) >= 11 is 0. The fourth-order valence-corrected chi connectivity index (χ4v) is 2.26. The van der Waals surface area contributed by atoms with Crippen LogP contribution in [-0.4, -0.2) is 19.1 Å². The first-order valence-corrected chi connectivity index (χ1v) is 5.85. The first-order valence-electron chi connectivity index (χ1n) is 5.85. The maximum absolute atomic E-state index is 11.3. The number of hydrogen-bond donors (Lipinski definition) is 2. The van der Waals surface area contributed by atoms with Crippen LogP contribution < -0.4 is 11.3 Å². The van der Waals surface area contributed by atoms with Crippen LogP contribution in [0.3, 0.4) is 0 Å². The van der Waals surface area contributed by atoms with E-state index in [-0.39, 0.29) is 18.4 Å². The molecule has 96 valence electrons. The molecule has 16 heavy (non-hydrogen) atoms. The smallest absolute Gasteiger partial charge is 0.306 e. The molecule has 0 aromatic rings. The van der Waals surface area contributed by atoms with E-state index < -0.39 is 0 Å². The topological polar surface area (TPSA) is 64.3 Å². The summed E-state index contributed by atoms with van der Waals surface area (Å²) in [6.07, 6.45) is 5.20. The lowest BCUT2D eigenvalue weighted by Gasteiger charge is -2.27. The number of carbonyl (C=O) groups excluding carboxylic acids is 1.